The van der Waals surface area contributed by atoms with Crippen molar-refractivity contribution in [2.45, 2.75) is 13.3 Å². The maximum atomic E-state index is 5.54. The highest BCUT2D eigenvalue weighted by molar-refractivity contribution is 9.10. The van der Waals surface area contributed by atoms with Gasteiger partial charge in [0.25, 0.3) is 0 Å². The lowest BCUT2D eigenvalue weighted by molar-refractivity contribution is 0.323. The molecule has 0 radical (unpaired) electrons. The van der Waals surface area contributed by atoms with Gasteiger partial charge >= 0.3 is 0 Å². The Balaban J connectivity index is 2.61. The molecule has 0 heterocycles. The monoisotopic (exact) mass is 240 g/mol. The summed E-state index contributed by atoms with van der Waals surface area (Å²) in [4.78, 5) is 0. The van der Waals surface area contributed by atoms with E-state index in [1.165, 1.54) is 0 Å². The Morgan fingerprint density at radius 2 is 2.31 bits per heavy atom. The van der Waals surface area contributed by atoms with Crippen molar-refractivity contribution in [2.75, 3.05) is 6.61 Å². The molecule has 0 saturated carbocycles. The molecule has 0 atom stereocenters. The van der Waals surface area contributed by atoms with E-state index in [1.54, 1.807) is 0 Å². The average molecular weight is 241 g/mol. The van der Waals surface area contributed by atoms with Gasteiger partial charge in [0.1, 0.15) is 5.75 Å². The Labute approximate surface area is 87.5 Å². The van der Waals surface area contributed by atoms with Gasteiger partial charge in [0.2, 0.25) is 0 Å². The Morgan fingerprint density at radius 3 is 2.92 bits per heavy atom. The molecule has 1 aromatic carbocycles. The van der Waals surface area contributed by atoms with Crippen LogP contribution in [-0.2, 0) is 0 Å². The third-order valence-electron chi connectivity index (χ3n) is 1.72. The van der Waals surface area contributed by atoms with Crippen LogP contribution in [0.15, 0.2) is 35.3 Å². The number of hydrogen-bond acceptors (Lipinski definition) is 1. The fraction of sp³-hybridized carbons (Fsp3) is 0.273. The van der Waals surface area contributed by atoms with Gasteiger partial charge in [-0.15, -0.1) is 6.58 Å². The molecule has 0 spiro atoms. The zero-order valence-electron chi connectivity index (χ0n) is 7.72. The van der Waals surface area contributed by atoms with E-state index in [1.807, 2.05) is 31.2 Å². The van der Waals surface area contributed by atoms with E-state index >= 15 is 0 Å². The predicted octanol–water partition coefficient (Wildman–Crippen LogP) is 3.71. The molecule has 0 aliphatic carbocycles. The summed E-state index contributed by atoms with van der Waals surface area (Å²) in [6.07, 6.45) is 2.74. The topological polar surface area (TPSA) is 9.23 Å². The molecule has 2 heteroatoms. The van der Waals surface area contributed by atoms with E-state index in [9.17, 15) is 0 Å². The van der Waals surface area contributed by atoms with E-state index in [0.29, 0.717) is 6.61 Å². The molecule has 70 valence electrons. The number of hydrogen-bond donors (Lipinski definition) is 0. The van der Waals surface area contributed by atoms with Gasteiger partial charge in [-0.1, -0.05) is 22.0 Å². The summed E-state index contributed by atoms with van der Waals surface area (Å²) >= 11 is 3.41. The molecule has 1 rings (SSSR count). The highest BCUT2D eigenvalue weighted by atomic mass is 79.9. The molecule has 1 aromatic rings. The van der Waals surface area contributed by atoms with Gasteiger partial charge in [0.15, 0.2) is 0 Å². The highest BCUT2D eigenvalue weighted by Gasteiger charge is 1.98. The van der Waals surface area contributed by atoms with Gasteiger partial charge in [-0.2, -0.15) is 0 Å². The van der Waals surface area contributed by atoms with Gasteiger partial charge < -0.3 is 4.74 Å². The standard InChI is InChI=1S/C11H13BrO/c1-3-4-7-13-11-6-5-10(12)8-9(11)2/h3,5-6,8H,1,4,7H2,2H3. The lowest BCUT2D eigenvalue weighted by Crippen LogP contribution is -1.96. The number of benzene rings is 1. The molecule has 0 unspecified atom stereocenters. The molecule has 0 saturated heterocycles. The smallest absolute Gasteiger partial charge is 0.122 e. The van der Waals surface area contributed by atoms with Gasteiger partial charge in [-0.05, 0) is 37.1 Å². The van der Waals surface area contributed by atoms with Crippen LogP contribution in [0.1, 0.15) is 12.0 Å². The largest absolute Gasteiger partial charge is 0.493 e. The summed E-state index contributed by atoms with van der Waals surface area (Å²) in [6, 6.07) is 6.00. The molecule has 1 nitrogen and oxygen atoms in total. The van der Waals surface area contributed by atoms with Crippen LogP contribution in [0.4, 0.5) is 0 Å². The number of halogens is 1. The van der Waals surface area contributed by atoms with Crippen LogP contribution in [0.2, 0.25) is 0 Å². The Kier molecular flexibility index (Phi) is 4.03. The lowest BCUT2D eigenvalue weighted by atomic mass is 10.2. The molecule has 0 bridgehead atoms. The first-order valence-corrected chi connectivity index (χ1v) is 5.03. The SMILES string of the molecule is C=CCCOc1ccc(Br)cc1C. The van der Waals surface area contributed by atoms with Crippen LogP contribution >= 0.6 is 15.9 Å². The van der Waals surface area contributed by atoms with Crippen molar-refractivity contribution in [1.29, 1.82) is 0 Å². The third-order valence-corrected chi connectivity index (χ3v) is 2.21. The minimum absolute atomic E-state index is 0.700. The van der Waals surface area contributed by atoms with Crippen LogP contribution in [0.3, 0.4) is 0 Å². The molecular weight excluding hydrogens is 228 g/mol. The maximum absolute atomic E-state index is 5.54. The molecule has 0 amide bonds. The van der Waals surface area contributed by atoms with Crippen LogP contribution in [0.5, 0.6) is 5.75 Å². The summed E-state index contributed by atoms with van der Waals surface area (Å²) < 4.78 is 6.62. The Morgan fingerprint density at radius 1 is 1.54 bits per heavy atom. The van der Waals surface area contributed by atoms with Crippen LogP contribution in [0, 0.1) is 6.92 Å². The molecule has 0 aliphatic rings. The second-order valence-corrected chi connectivity index (χ2v) is 3.75. The average Bonchev–Trinajstić information content (AvgIpc) is 2.09. The zero-order valence-corrected chi connectivity index (χ0v) is 9.30. The lowest BCUT2D eigenvalue weighted by Gasteiger charge is -2.07. The number of rotatable bonds is 4. The first-order valence-electron chi connectivity index (χ1n) is 4.24. The molecule has 13 heavy (non-hydrogen) atoms. The minimum Gasteiger partial charge on any atom is -0.493 e. The molecular formula is C11H13BrO. The van der Waals surface area contributed by atoms with Gasteiger partial charge in [-0.25, -0.2) is 0 Å². The molecule has 0 N–H and O–H groups in total. The van der Waals surface area contributed by atoms with Crippen LogP contribution < -0.4 is 4.74 Å². The van der Waals surface area contributed by atoms with E-state index in [0.717, 1.165) is 22.2 Å². The van der Waals surface area contributed by atoms with Crippen molar-refractivity contribution in [3.05, 3.63) is 40.9 Å². The van der Waals surface area contributed by atoms with Gasteiger partial charge in [0.05, 0.1) is 6.61 Å². The van der Waals surface area contributed by atoms with Gasteiger partial charge in [-0.3, -0.25) is 0 Å². The molecule has 0 fully saturated rings. The summed E-state index contributed by atoms with van der Waals surface area (Å²) in [7, 11) is 0. The van der Waals surface area contributed by atoms with Crippen LogP contribution in [0.25, 0.3) is 0 Å². The Bertz CT molecular complexity index is 294. The molecule has 0 aromatic heterocycles. The maximum Gasteiger partial charge on any atom is 0.122 e. The fourth-order valence-corrected chi connectivity index (χ4v) is 1.50. The summed E-state index contributed by atoms with van der Waals surface area (Å²) in [5.74, 6) is 0.949. The van der Waals surface area contributed by atoms with Crippen molar-refractivity contribution < 1.29 is 4.74 Å². The van der Waals surface area contributed by atoms with E-state index in [2.05, 4.69) is 22.5 Å². The zero-order chi connectivity index (χ0) is 9.68. The normalized spacial score (nSPS) is 9.69. The van der Waals surface area contributed by atoms with Crippen molar-refractivity contribution in [1.82, 2.24) is 0 Å². The molecule has 0 aliphatic heterocycles. The van der Waals surface area contributed by atoms with Crippen molar-refractivity contribution in [3.63, 3.8) is 0 Å². The highest BCUT2D eigenvalue weighted by Crippen LogP contribution is 2.22. The van der Waals surface area contributed by atoms with E-state index in [-0.39, 0.29) is 0 Å². The second-order valence-electron chi connectivity index (χ2n) is 2.84. The van der Waals surface area contributed by atoms with Crippen LogP contribution in [-0.4, -0.2) is 6.61 Å². The quantitative estimate of drug-likeness (QED) is 0.576. The third kappa shape index (κ3) is 3.23. The Hall–Kier alpha value is -0.760. The minimum atomic E-state index is 0.700. The summed E-state index contributed by atoms with van der Waals surface area (Å²) in [6.45, 7) is 6.38. The van der Waals surface area contributed by atoms with E-state index in [4.69, 9.17) is 4.74 Å². The van der Waals surface area contributed by atoms with Crippen molar-refractivity contribution in [2.24, 2.45) is 0 Å². The van der Waals surface area contributed by atoms with Crippen molar-refractivity contribution in [3.8, 4) is 5.75 Å². The number of aryl methyl sites for hydroxylation is 1. The fourth-order valence-electron chi connectivity index (χ4n) is 1.03. The van der Waals surface area contributed by atoms with Gasteiger partial charge in [0, 0.05) is 4.47 Å². The number of ether oxygens (including phenoxy) is 1. The second kappa shape index (κ2) is 5.07. The van der Waals surface area contributed by atoms with Crippen molar-refractivity contribution >= 4 is 15.9 Å². The predicted molar refractivity (Wildman–Crippen MR) is 59.2 cm³/mol. The van der Waals surface area contributed by atoms with E-state index < -0.39 is 0 Å². The first kappa shape index (κ1) is 10.3. The first-order chi connectivity index (χ1) is 6.24. The summed E-state index contributed by atoms with van der Waals surface area (Å²) in [5.41, 5.74) is 1.15. The summed E-state index contributed by atoms with van der Waals surface area (Å²) in [5, 5.41) is 0.